The number of hydrogen-bond donors (Lipinski definition) is 1. The third kappa shape index (κ3) is 4.98. The van der Waals surface area contributed by atoms with Crippen molar-refractivity contribution in [1.29, 1.82) is 0 Å². The maximum absolute atomic E-state index is 4.65. The Bertz CT molecular complexity index is 647. The van der Waals surface area contributed by atoms with E-state index in [9.17, 15) is 0 Å². The Morgan fingerprint density at radius 1 is 1.28 bits per heavy atom. The number of aryl methyl sites for hydroxylation is 2. The van der Waals surface area contributed by atoms with Crippen LogP contribution in [0.4, 0.5) is 5.82 Å². The van der Waals surface area contributed by atoms with E-state index in [1.54, 1.807) is 12.7 Å². The van der Waals surface area contributed by atoms with E-state index < -0.39 is 0 Å². The molecule has 0 aromatic carbocycles. The highest BCUT2D eigenvalue weighted by Gasteiger charge is 2.22. The predicted octanol–water partition coefficient (Wildman–Crippen LogP) is 1.98. The van der Waals surface area contributed by atoms with E-state index in [0.29, 0.717) is 12.1 Å². The van der Waals surface area contributed by atoms with Gasteiger partial charge in [0.1, 0.15) is 24.3 Å². The minimum Gasteiger partial charge on any atom is -0.356 e. The van der Waals surface area contributed by atoms with Gasteiger partial charge in [0.2, 0.25) is 0 Å². The van der Waals surface area contributed by atoms with Crippen LogP contribution in [-0.2, 0) is 13.0 Å². The van der Waals surface area contributed by atoms with Gasteiger partial charge in [-0.05, 0) is 33.1 Å². The molecule has 2 aromatic heterocycles. The monoisotopic (exact) mass is 343 g/mol. The summed E-state index contributed by atoms with van der Waals surface area (Å²) in [6.45, 7) is 9.31. The van der Waals surface area contributed by atoms with Crippen LogP contribution < -0.4 is 10.2 Å². The summed E-state index contributed by atoms with van der Waals surface area (Å²) >= 11 is 0. The Hall–Kier alpha value is -2.02. The molecule has 1 fully saturated rings. The summed E-state index contributed by atoms with van der Waals surface area (Å²) in [6.07, 6.45) is 7.76. The number of hydrogen-bond acceptors (Lipinski definition) is 6. The molecule has 0 spiro atoms. The molecule has 1 aliphatic heterocycles. The van der Waals surface area contributed by atoms with Gasteiger partial charge in [0.05, 0.1) is 6.54 Å². The van der Waals surface area contributed by atoms with E-state index in [-0.39, 0.29) is 0 Å². The lowest BCUT2D eigenvalue weighted by atomic mass is 10.0. The SMILES string of the molecule is CCCc1cc(N2CCC(N[C@H](C)Cn3cncn3)CC2)nc(C)n1. The Balaban J connectivity index is 1.51. The quantitative estimate of drug-likeness (QED) is 0.829. The van der Waals surface area contributed by atoms with E-state index in [1.165, 1.54) is 0 Å². The summed E-state index contributed by atoms with van der Waals surface area (Å²) in [5.41, 5.74) is 1.16. The lowest BCUT2D eigenvalue weighted by molar-refractivity contribution is 0.347. The topological polar surface area (TPSA) is 71.8 Å². The van der Waals surface area contributed by atoms with Crippen LogP contribution in [0.5, 0.6) is 0 Å². The van der Waals surface area contributed by atoms with Crippen LogP contribution in [-0.4, -0.2) is 49.9 Å². The second-order valence-electron chi connectivity index (χ2n) is 6.96. The molecule has 3 rings (SSSR count). The maximum Gasteiger partial charge on any atom is 0.137 e. The molecule has 0 saturated carbocycles. The summed E-state index contributed by atoms with van der Waals surface area (Å²) in [5, 5.41) is 7.90. The van der Waals surface area contributed by atoms with Crippen LogP contribution in [0.15, 0.2) is 18.7 Å². The van der Waals surface area contributed by atoms with Gasteiger partial charge in [0, 0.05) is 36.9 Å². The first-order valence-electron chi connectivity index (χ1n) is 9.32. The molecular weight excluding hydrogens is 314 g/mol. The van der Waals surface area contributed by atoms with Crippen LogP contribution in [0.25, 0.3) is 0 Å². The summed E-state index contributed by atoms with van der Waals surface area (Å²) < 4.78 is 1.88. The van der Waals surface area contributed by atoms with Crippen LogP contribution >= 0.6 is 0 Å². The summed E-state index contributed by atoms with van der Waals surface area (Å²) in [5.74, 6) is 1.97. The molecule has 0 aliphatic carbocycles. The van der Waals surface area contributed by atoms with Crippen LogP contribution in [0.1, 0.15) is 44.6 Å². The van der Waals surface area contributed by atoms with Crippen molar-refractivity contribution in [3.8, 4) is 0 Å². The van der Waals surface area contributed by atoms with Crippen molar-refractivity contribution in [3.05, 3.63) is 30.2 Å². The molecule has 1 saturated heterocycles. The minimum atomic E-state index is 0.385. The smallest absolute Gasteiger partial charge is 0.137 e. The number of anilines is 1. The maximum atomic E-state index is 4.65. The van der Waals surface area contributed by atoms with Crippen molar-refractivity contribution < 1.29 is 0 Å². The normalized spacial score (nSPS) is 17.0. The fraction of sp³-hybridized carbons (Fsp3) is 0.667. The highest BCUT2D eigenvalue weighted by Crippen LogP contribution is 2.20. The van der Waals surface area contributed by atoms with Gasteiger partial charge in [-0.25, -0.2) is 15.0 Å². The number of aromatic nitrogens is 5. The molecule has 2 aromatic rings. The van der Waals surface area contributed by atoms with Gasteiger partial charge < -0.3 is 10.2 Å². The van der Waals surface area contributed by atoms with Gasteiger partial charge in [-0.1, -0.05) is 13.3 Å². The first-order valence-corrected chi connectivity index (χ1v) is 9.32. The van der Waals surface area contributed by atoms with E-state index in [1.807, 2.05) is 11.6 Å². The van der Waals surface area contributed by atoms with Crippen molar-refractivity contribution in [2.75, 3.05) is 18.0 Å². The third-order valence-electron chi connectivity index (χ3n) is 4.65. The molecule has 136 valence electrons. The van der Waals surface area contributed by atoms with Gasteiger partial charge >= 0.3 is 0 Å². The molecule has 0 bridgehead atoms. The number of piperidine rings is 1. The molecule has 0 amide bonds. The second kappa shape index (κ2) is 8.38. The molecule has 3 heterocycles. The Labute approximate surface area is 149 Å². The fourth-order valence-electron chi connectivity index (χ4n) is 3.50. The zero-order chi connectivity index (χ0) is 17.6. The average molecular weight is 343 g/mol. The minimum absolute atomic E-state index is 0.385. The lowest BCUT2D eigenvalue weighted by Crippen LogP contribution is -2.46. The molecule has 7 nitrogen and oxygen atoms in total. The summed E-state index contributed by atoms with van der Waals surface area (Å²) in [4.78, 5) is 15.6. The number of nitrogens with one attached hydrogen (secondary N) is 1. The predicted molar refractivity (Wildman–Crippen MR) is 98.6 cm³/mol. The van der Waals surface area contributed by atoms with Gasteiger partial charge in [-0.3, -0.25) is 4.68 Å². The summed E-state index contributed by atoms with van der Waals surface area (Å²) in [7, 11) is 0. The lowest BCUT2D eigenvalue weighted by Gasteiger charge is -2.34. The van der Waals surface area contributed by atoms with Crippen molar-refractivity contribution in [3.63, 3.8) is 0 Å². The Kier molecular flexibility index (Phi) is 5.96. The first kappa shape index (κ1) is 17.8. The molecule has 25 heavy (non-hydrogen) atoms. The highest BCUT2D eigenvalue weighted by atomic mass is 15.3. The average Bonchev–Trinajstić information content (AvgIpc) is 3.08. The van der Waals surface area contributed by atoms with Crippen molar-refractivity contribution in [2.24, 2.45) is 0 Å². The standard InChI is InChI=1S/C18H29N7/c1-4-5-17-10-18(23-15(3)22-17)24-8-6-16(7-9-24)21-14(2)11-25-13-19-12-20-25/h10,12-14,16,21H,4-9,11H2,1-3H3/t14-/m1/s1. The third-order valence-corrected chi connectivity index (χ3v) is 4.65. The zero-order valence-corrected chi connectivity index (χ0v) is 15.5. The van der Waals surface area contributed by atoms with E-state index in [0.717, 1.165) is 62.7 Å². The van der Waals surface area contributed by atoms with Crippen molar-refractivity contribution in [2.45, 2.75) is 65.1 Å². The molecule has 0 unspecified atom stereocenters. The molecule has 7 heteroatoms. The van der Waals surface area contributed by atoms with Crippen molar-refractivity contribution >= 4 is 5.82 Å². The van der Waals surface area contributed by atoms with Crippen LogP contribution in [0, 0.1) is 6.92 Å². The van der Waals surface area contributed by atoms with E-state index in [4.69, 9.17) is 0 Å². The Morgan fingerprint density at radius 3 is 2.76 bits per heavy atom. The number of nitrogens with zero attached hydrogens (tertiary/aromatic N) is 6. The van der Waals surface area contributed by atoms with Gasteiger partial charge in [-0.15, -0.1) is 0 Å². The summed E-state index contributed by atoms with van der Waals surface area (Å²) in [6, 6.07) is 3.10. The van der Waals surface area contributed by atoms with E-state index >= 15 is 0 Å². The fourth-order valence-corrected chi connectivity index (χ4v) is 3.50. The van der Waals surface area contributed by atoms with E-state index in [2.05, 4.69) is 50.2 Å². The molecule has 1 N–H and O–H groups in total. The Morgan fingerprint density at radius 2 is 2.08 bits per heavy atom. The zero-order valence-electron chi connectivity index (χ0n) is 15.5. The van der Waals surface area contributed by atoms with Crippen molar-refractivity contribution in [1.82, 2.24) is 30.0 Å². The van der Waals surface area contributed by atoms with Crippen LogP contribution in [0.2, 0.25) is 0 Å². The van der Waals surface area contributed by atoms with Gasteiger partial charge in [-0.2, -0.15) is 5.10 Å². The van der Waals surface area contributed by atoms with Gasteiger partial charge in [0.15, 0.2) is 0 Å². The highest BCUT2D eigenvalue weighted by molar-refractivity contribution is 5.40. The molecule has 1 atom stereocenters. The molecular formula is C18H29N7. The number of rotatable bonds is 7. The van der Waals surface area contributed by atoms with Crippen LogP contribution in [0.3, 0.4) is 0 Å². The largest absolute Gasteiger partial charge is 0.356 e. The molecule has 1 aliphatic rings. The second-order valence-corrected chi connectivity index (χ2v) is 6.96. The first-order chi connectivity index (χ1) is 12.1. The molecule has 0 radical (unpaired) electrons. The van der Waals surface area contributed by atoms with Gasteiger partial charge in [0.25, 0.3) is 0 Å².